The van der Waals surface area contributed by atoms with Gasteiger partial charge >= 0.3 is 0 Å². The average molecular weight is 456 g/mol. The maximum atomic E-state index is 5.45. The minimum absolute atomic E-state index is 0.257. The molecule has 0 amide bonds. The Balaban J connectivity index is 1.74. The van der Waals surface area contributed by atoms with E-state index < -0.39 is 0 Å². The molecule has 0 saturated carbocycles. The molecular formula is C21H18BrN3O2S. The summed E-state index contributed by atoms with van der Waals surface area (Å²) in [7, 11) is 0. The topological polar surface area (TPSA) is 48.1 Å². The number of nitrogens with zero attached hydrogens (tertiary/aromatic N) is 3. The molecule has 2 heterocycles. The molecule has 28 heavy (non-hydrogen) atoms. The van der Waals surface area contributed by atoms with Gasteiger partial charge in [0.05, 0.1) is 18.5 Å². The zero-order valence-corrected chi connectivity index (χ0v) is 17.7. The van der Waals surface area contributed by atoms with Gasteiger partial charge in [-0.25, -0.2) is 4.68 Å². The summed E-state index contributed by atoms with van der Waals surface area (Å²) in [4.78, 5) is 5.47. The monoisotopic (exact) mass is 455 g/mol. The van der Waals surface area contributed by atoms with Crippen LogP contribution in [0.5, 0.6) is 11.5 Å². The van der Waals surface area contributed by atoms with Gasteiger partial charge in [-0.15, -0.1) is 11.3 Å². The first-order chi connectivity index (χ1) is 13.6. The SMILES string of the molecule is C=C(C)CN=c1scc(-c2ccc(Br)cc2)n1N=Cc1ccc2c(c1)OCO2. The second kappa shape index (κ2) is 8.16. The Kier molecular flexibility index (Phi) is 5.45. The molecule has 0 unspecified atom stereocenters. The number of thiazole rings is 1. The third-order valence-electron chi connectivity index (χ3n) is 4.03. The Labute approximate surface area is 175 Å². The highest BCUT2D eigenvalue weighted by Gasteiger charge is 2.13. The van der Waals surface area contributed by atoms with E-state index in [2.05, 4.69) is 45.0 Å². The van der Waals surface area contributed by atoms with Gasteiger partial charge in [-0.3, -0.25) is 4.99 Å². The lowest BCUT2D eigenvalue weighted by atomic mass is 10.2. The van der Waals surface area contributed by atoms with E-state index in [1.807, 2.05) is 41.9 Å². The fraction of sp³-hybridized carbons (Fsp3) is 0.143. The summed E-state index contributed by atoms with van der Waals surface area (Å²) in [6.07, 6.45) is 1.80. The van der Waals surface area contributed by atoms with Crippen LogP contribution in [0.1, 0.15) is 12.5 Å². The van der Waals surface area contributed by atoms with Gasteiger partial charge in [0.2, 0.25) is 11.6 Å². The third-order valence-corrected chi connectivity index (χ3v) is 5.41. The van der Waals surface area contributed by atoms with E-state index in [-0.39, 0.29) is 6.79 Å². The van der Waals surface area contributed by atoms with Gasteiger partial charge in [-0.1, -0.05) is 40.2 Å². The lowest BCUT2D eigenvalue weighted by molar-refractivity contribution is 0.174. The fourth-order valence-corrected chi connectivity index (χ4v) is 3.76. The number of hydrogen-bond donors (Lipinski definition) is 0. The van der Waals surface area contributed by atoms with Crippen molar-refractivity contribution in [1.29, 1.82) is 0 Å². The lowest BCUT2D eigenvalue weighted by Gasteiger charge is -2.04. The zero-order chi connectivity index (χ0) is 19.5. The molecule has 0 fully saturated rings. The maximum absolute atomic E-state index is 5.45. The summed E-state index contributed by atoms with van der Waals surface area (Å²) in [5.74, 6) is 1.49. The Morgan fingerprint density at radius 1 is 1.21 bits per heavy atom. The molecule has 1 aliphatic rings. The van der Waals surface area contributed by atoms with Crippen LogP contribution in [0.15, 0.2) is 74.6 Å². The predicted molar refractivity (Wildman–Crippen MR) is 116 cm³/mol. The molecule has 7 heteroatoms. The third kappa shape index (κ3) is 4.10. The Bertz CT molecular complexity index is 1110. The highest BCUT2D eigenvalue weighted by atomic mass is 79.9. The van der Waals surface area contributed by atoms with E-state index in [0.717, 1.165) is 43.2 Å². The van der Waals surface area contributed by atoms with Crippen LogP contribution in [0.2, 0.25) is 0 Å². The minimum Gasteiger partial charge on any atom is -0.454 e. The van der Waals surface area contributed by atoms with Crippen molar-refractivity contribution in [2.75, 3.05) is 13.3 Å². The highest BCUT2D eigenvalue weighted by Crippen LogP contribution is 2.32. The van der Waals surface area contributed by atoms with Gasteiger partial charge < -0.3 is 9.47 Å². The van der Waals surface area contributed by atoms with Crippen LogP contribution in [0.3, 0.4) is 0 Å². The van der Waals surface area contributed by atoms with Crippen LogP contribution in [0, 0.1) is 0 Å². The molecule has 1 aliphatic heterocycles. The molecule has 0 N–H and O–H groups in total. The molecule has 0 bridgehead atoms. The average Bonchev–Trinajstić information content (AvgIpc) is 3.31. The van der Waals surface area contributed by atoms with Crippen molar-refractivity contribution in [3.63, 3.8) is 0 Å². The second-order valence-electron chi connectivity index (χ2n) is 6.35. The van der Waals surface area contributed by atoms with E-state index in [1.54, 1.807) is 17.6 Å². The Morgan fingerprint density at radius 3 is 2.79 bits per heavy atom. The smallest absolute Gasteiger partial charge is 0.231 e. The van der Waals surface area contributed by atoms with Crippen LogP contribution in [0.4, 0.5) is 0 Å². The highest BCUT2D eigenvalue weighted by molar-refractivity contribution is 9.10. The van der Waals surface area contributed by atoms with E-state index in [1.165, 1.54) is 0 Å². The number of rotatable bonds is 5. The first-order valence-corrected chi connectivity index (χ1v) is 10.3. The summed E-state index contributed by atoms with van der Waals surface area (Å²) in [6, 6.07) is 13.9. The Morgan fingerprint density at radius 2 is 2.00 bits per heavy atom. The largest absolute Gasteiger partial charge is 0.454 e. The molecule has 0 saturated heterocycles. The van der Waals surface area contributed by atoms with Crippen LogP contribution in [-0.2, 0) is 0 Å². The van der Waals surface area contributed by atoms with Gasteiger partial charge in [0.1, 0.15) is 0 Å². The quantitative estimate of drug-likeness (QED) is 0.398. The van der Waals surface area contributed by atoms with Crippen LogP contribution < -0.4 is 14.3 Å². The number of halogens is 1. The summed E-state index contributed by atoms with van der Waals surface area (Å²) in [5.41, 5.74) is 3.98. The summed E-state index contributed by atoms with van der Waals surface area (Å²) < 4.78 is 13.7. The van der Waals surface area contributed by atoms with Gasteiger partial charge in [0.25, 0.3) is 0 Å². The van der Waals surface area contributed by atoms with Crippen molar-refractivity contribution in [1.82, 2.24) is 4.68 Å². The Hall–Kier alpha value is -2.64. The standard InChI is InChI=1S/C21H18BrN3O2S/c1-14(2)10-23-21-25(18(12-28-21)16-4-6-17(22)7-5-16)24-11-15-3-8-19-20(9-15)27-13-26-19/h3-9,11-12H,1,10,13H2,2H3. The molecule has 3 aromatic rings. The molecule has 2 aromatic carbocycles. The summed E-state index contributed by atoms with van der Waals surface area (Å²) in [6.45, 7) is 6.72. The molecule has 0 spiro atoms. The molecular weight excluding hydrogens is 438 g/mol. The van der Waals surface area contributed by atoms with E-state index in [4.69, 9.17) is 14.6 Å². The van der Waals surface area contributed by atoms with E-state index in [9.17, 15) is 0 Å². The van der Waals surface area contributed by atoms with Crippen molar-refractivity contribution in [3.05, 3.63) is 74.8 Å². The second-order valence-corrected chi connectivity index (χ2v) is 8.11. The van der Waals surface area contributed by atoms with Crippen molar-refractivity contribution in [3.8, 4) is 22.8 Å². The molecule has 5 nitrogen and oxygen atoms in total. The number of ether oxygens (including phenoxy) is 2. The number of hydrogen-bond acceptors (Lipinski definition) is 5. The normalized spacial score (nSPS) is 13.4. The molecule has 4 rings (SSSR count). The van der Waals surface area contributed by atoms with Gasteiger partial charge in [-0.2, -0.15) is 5.10 Å². The molecule has 142 valence electrons. The van der Waals surface area contributed by atoms with Crippen molar-refractivity contribution >= 4 is 33.5 Å². The van der Waals surface area contributed by atoms with E-state index in [0.29, 0.717) is 6.54 Å². The first kappa shape index (κ1) is 18.7. The first-order valence-electron chi connectivity index (χ1n) is 8.65. The van der Waals surface area contributed by atoms with Gasteiger partial charge in [0.15, 0.2) is 11.5 Å². The van der Waals surface area contributed by atoms with Crippen LogP contribution in [-0.4, -0.2) is 24.2 Å². The number of fused-ring (bicyclic) bond motifs is 1. The lowest BCUT2D eigenvalue weighted by Crippen LogP contribution is -2.13. The number of aromatic nitrogens is 1. The van der Waals surface area contributed by atoms with Crippen LogP contribution in [0.25, 0.3) is 11.3 Å². The molecule has 0 radical (unpaired) electrons. The van der Waals surface area contributed by atoms with Gasteiger partial charge in [-0.05, 0) is 42.8 Å². The van der Waals surface area contributed by atoms with Crippen molar-refractivity contribution in [2.45, 2.75) is 6.92 Å². The van der Waals surface area contributed by atoms with E-state index >= 15 is 0 Å². The predicted octanol–water partition coefficient (Wildman–Crippen LogP) is 5.07. The molecule has 1 aromatic heterocycles. The van der Waals surface area contributed by atoms with Crippen LogP contribution >= 0.6 is 27.3 Å². The van der Waals surface area contributed by atoms with Crippen molar-refractivity contribution in [2.24, 2.45) is 10.1 Å². The molecule has 0 aliphatic carbocycles. The fourth-order valence-electron chi connectivity index (χ4n) is 2.66. The maximum Gasteiger partial charge on any atom is 0.231 e. The number of benzene rings is 2. The van der Waals surface area contributed by atoms with Gasteiger partial charge in [0, 0.05) is 15.4 Å². The zero-order valence-electron chi connectivity index (χ0n) is 15.3. The minimum atomic E-state index is 0.257. The summed E-state index contributed by atoms with van der Waals surface area (Å²) >= 11 is 5.04. The summed E-state index contributed by atoms with van der Waals surface area (Å²) in [5, 5.41) is 6.78. The van der Waals surface area contributed by atoms with Crippen molar-refractivity contribution < 1.29 is 9.47 Å². The molecule has 0 atom stereocenters.